The van der Waals surface area contributed by atoms with E-state index in [-0.39, 0.29) is 12.0 Å². The predicted octanol–water partition coefficient (Wildman–Crippen LogP) is -1.21. The van der Waals surface area contributed by atoms with Crippen molar-refractivity contribution in [2.75, 3.05) is 13.7 Å². The lowest BCUT2D eigenvalue weighted by Crippen LogP contribution is -2.52. The van der Waals surface area contributed by atoms with Gasteiger partial charge in [-0.05, 0) is 13.3 Å². The molecule has 142 valence electrons. The van der Waals surface area contributed by atoms with Gasteiger partial charge in [0.2, 0.25) is 0 Å². The predicted molar refractivity (Wildman–Crippen MR) is 84.0 cm³/mol. The largest absolute Gasteiger partial charge is 0.470 e. The highest BCUT2D eigenvalue weighted by molar-refractivity contribution is 7.46. The van der Waals surface area contributed by atoms with Crippen LogP contribution in [0.3, 0.4) is 0 Å². The van der Waals surface area contributed by atoms with Crippen molar-refractivity contribution in [1.29, 1.82) is 0 Å². The minimum Gasteiger partial charge on any atom is -0.394 e. The number of methoxy groups -OCH3 is 1. The van der Waals surface area contributed by atoms with Crippen LogP contribution in [0, 0.1) is 6.92 Å². The first-order chi connectivity index (χ1) is 11.6. The molecule has 0 bridgehead atoms. The van der Waals surface area contributed by atoms with Gasteiger partial charge in [-0.2, -0.15) is 0 Å². The molecule has 0 radical (unpaired) electrons. The Labute approximate surface area is 142 Å². The SMILES string of the molecule is CC[C@@]1(n2cc(C)c(=O)[nH]c2=O)O[C@H](CO)[C@@H](OP(=O)(O)O)C1OC. The second kappa shape index (κ2) is 7.12. The number of phosphoric ester groups is 1. The molecule has 1 saturated heterocycles. The van der Waals surface area contributed by atoms with Crippen LogP contribution in [0.2, 0.25) is 0 Å². The van der Waals surface area contributed by atoms with Crippen LogP contribution in [0.5, 0.6) is 0 Å². The van der Waals surface area contributed by atoms with Crippen molar-refractivity contribution < 1.29 is 33.5 Å². The first-order valence-electron chi connectivity index (χ1n) is 7.48. The van der Waals surface area contributed by atoms with Crippen molar-refractivity contribution in [2.24, 2.45) is 0 Å². The standard InChI is InChI=1S/C13H21N2O9P/c1-4-13(15-5-7(2)11(17)14-12(15)18)10(22-3)9(8(6-16)23-13)24-25(19,20)21/h5,8-10,16H,4,6H2,1-3H3,(H,14,17,18)(H2,19,20,21)/t8-,9-,10?,13-/m1/s1. The zero-order valence-electron chi connectivity index (χ0n) is 13.9. The Balaban J connectivity index is 2.63. The van der Waals surface area contributed by atoms with Gasteiger partial charge in [-0.3, -0.25) is 18.9 Å². The Morgan fingerprint density at radius 1 is 1.44 bits per heavy atom. The number of ether oxygens (including phenoxy) is 2. The van der Waals surface area contributed by atoms with Crippen molar-refractivity contribution in [3.63, 3.8) is 0 Å². The minimum atomic E-state index is -4.92. The molecule has 25 heavy (non-hydrogen) atoms. The van der Waals surface area contributed by atoms with E-state index in [9.17, 15) is 19.3 Å². The molecule has 4 atom stereocenters. The van der Waals surface area contributed by atoms with Crippen LogP contribution in [0.15, 0.2) is 15.8 Å². The summed E-state index contributed by atoms with van der Waals surface area (Å²) >= 11 is 0. The average molecular weight is 380 g/mol. The molecule has 0 aliphatic carbocycles. The topological polar surface area (TPSA) is 160 Å². The molecular formula is C13H21N2O9P. The molecule has 0 aromatic carbocycles. The molecule has 2 heterocycles. The van der Waals surface area contributed by atoms with Gasteiger partial charge in [0.1, 0.15) is 18.3 Å². The van der Waals surface area contributed by atoms with E-state index in [2.05, 4.69) is 4.98 Å². The Morgan fingerprint density at radius 2 is 2.08 bits per heavy atom. The van der Waals surface area contributed by atoms with Crippen molar-refractivity contribution in [2.45, 2.75) is 44.3 Å². The number of nitrogens with zero attached hydrogens (tertiary/aromatic N) is 1. The summed E-state index contributed by atoms with van der Waals surface area (Å²) in [6.45, 7) is 2.53. The number of phosphoric acid groups is 1. The fraction of sp³-hybridized carbons (Fsp3) is 0.692. The van der Waals surface area contributed by atoms with E-state index in [0.717, 1.165) is 4.57 Å². The number of aryl methyl sites for hydroxylation is 1. The molecular weight excluding hydrogens is 359 g/mol. The maximum absolute atomic E-state index is 12.3. The zero-order chi connectivity index (χ0) is 19.0. The molecule has 1 fully saturated rings. The molecule has 4 N–H and O–H groups in total. The number of hydrogen-bond acceptors (Lipinski definition) is 7. The second-order valence-electron chi connectivity index (χ2n) is 5.70. The van der Waals surface area contributed by atoms with Gasteiger partial charge in [0.05, 0.1) is 6.61 Å². The fourth-order valence-corrected chi connectivity index (χ4v) is 3.65. The Morgan fingerprint density at radius 3 is 2.56 bits per heavy atom. The quantitative estimate of drug-likeness (QED) is 0.444. The Hall–Kier alpha value is -1.33. The van der Waals surface area contributed by atoms with Gasteiger partial charge in [-0.15, -0.1) is 0 Å². The van der Waals surface area contributed by atoms with Gasteiger partial charge < -0.3 is 24.4 Å². The highest BCUT2D eigenvalue weighted by atomic mass is 31.2. The molecule has 2 rings (SSSR count). The summed E-state index contributed by atoms with van der Waals surface area (Å²) in [4.78, 5) is 44.3. The van der Waals surface area contributed by atoms with E-state index in [4.69, 9.17) is 23.8 Å². The van der Waals surface area contributed by atoms with Crippen molar-refractivity contribution >= 4 is 7.82 Å². The summed E-state index contributed by atoms with van der Waals surface area (Å²) in [7, 11) is -3.66. The number of rotatable bonds is 6. The monoisotopic (exact) mass is 380 g/mol. The first-order valence-corrected chi connectivity index (χ1v) is 9.01. The Kier molecular flexibility index (Phi) is 5.69. The molecule has 1 aromatic heterocycles. The number of aliphatic hydroxyl groups is 1. The Bertz CT molecular complexity index is 784. The van der Waals surface area contributed by atoms with Crippen LogP contribution in [0.4, 0.5) is 0 Å². The molecule has 1 aromatic rings. The zero-order valence-corrected chi connectivity index (χ0v) is 14.8. The molecule has 1 unspecified atom stereocenters. The number of aromatic amines is 1. The third-order valence-electron chi connectivity index (χ3n) is 4.19. The average Bonchev–Trinajstić information content (AvgIpc) is 2.82. The van der Waals surface area contributed by atoms with E-state index in [1.807, 2.05) is 0 Å². The highest BCUT2D eigenvalue weighted by Gasteiger charge is 2.58. The lowest BCUT2D eigenvalue weighted by molar-refractivity contribution is -0.160. The number of H-pyrrole nitrogens is 1. The van der Waals surface area contributed by atoms with Crippen LogP contribution < -0.4 is 11.2 Å². The molecule has 0 saturated carbocycles. The third kappa shape index (κ3) is 3.63. The number of nitrogens with one attached hydrogen (secondary N) is 1. The van der Waals surface area contributed by atoms with Gasteiger partial charge >= 0.3 is 13.5 Å². The summed E-state index contributed by atoms with van der Waals surface area (Å²) in [5.41, 5.74) is -2.66. The summed E-state index contributed by atoms with van der Waals surface area (Å²) in [5, 5.41) is 9.53. The number of aromatic nitrogens is 2. The summed E-state index contributed by atoms with van der Waals surface area (Å²) < 4.78 is 28.2. The minimum absolute atomic E-state index is 0.133. The first kappa shape index (κ1) is 20.0. The van der Waals surface area contributed by atoms with Gasteiger partial charge in [-0.1, -0.05) is 6.92 Å². The van der Waals surface area contributed by atoms with E-state index in [1.165, 1.54) is 20.2 Å². The van der Waals surface area contributed by atoms with Crippen LogP contribution in [0.25, 0.3) is 0 Å². The summed E-state index contributed by atoms with van der Waals surface area (Å²) in [6, 6.07) is 0. The molecule has 1 aliphatic rings. The normalized spacial score (nSPS) is 29.9. The van der Waals surface area contributed by atoms with Crippen LogP contribution in [0.1, 0.15) is 18.9 Å². The maximum atomic E-state index is 12.3. The van der Waals surface area contributed by atoms with Gasteiger partial charge in [0.15, 0.2) is 5.72 Å². The molecule has 11 nitrogen and oxygen atoms in total. The fourth-order valence-electron chi connectivity index (χ4n) is 3.09. The molecule has 0 spiro atoms. The molecule has 1 aliphatic heterocycles. The maximum Gasteiger partial charge on any atom is 0.470 e. The van der Waals surface area contributed by atoms with Crippen LogP contribution in [-0.2, 0) is 24.3 Å². The third-order valence-corrected chi connectivity index (χ3v) is 4.71. The van der Waals surface area contributed by atoms with E-state index < -0.39 is 49.7 Å². The molecule has 0 amide bonds. The second-order valence-corrected chi connectivity index (χ2v) is 6.89. The van der Waals surface area contributed by atoms with Gasteiger partial charge in [-0.25, -0.2) is 9.36 Å². The number of hydrogen-bond donors (Lipinski definition) is 4. The smallest absolute Gasteiger partial charge is 0.394 e. The number of aliphatic hydroxyl groups excluding tert-OH is 1. The van der Waals surface area contributed by atoms with E-state index in [0.29, 0.717) is 0 Å². The lowest BCUT2D eigenvalue weighted by Gasteiger charge is -2.35. The van der Waals surface area contributed by atoms with Crippen LogP contribution >= 0.6 is 7.82 Å². The lowest BCUT2D eigenvalue weighted by atomic mass is 9.99. The highest BCUT2D eigenvalue weighted by Crippen LogP contribution is 2.47. The van der Waals surface area contributed by atoms with Crippen molar-refractivity contribution in [3.8, 4) is 0 Å². The van der Waals surface area contributed by atoms with Gasteiger partial charge in [0.25, 0.3) is 5.56 Å². The van der Waals surface area contributed by atoms with Crippen LogP contribution in [-0.4, -0.2) is 56.5 Å². The van der Waals surface area contributed by atoms with E-state index in [1.54, 1.807) is 6.92 Å². The summed E-state index contributed by atoms with van der Waals surface area (Å²) in [5.74, 6) is 0. The van der Waals surface area contributed by atoms with E-state index >= 15 is 0 Å². The van der Waals surface area contributed by atoms with Crippen molar-refractivity contribution in [3.05, 3.63) is 32.6 Å². The van der Waals surface area contributed by atoms with Crippen molar-refractivity contribution in [1.82, 2.24) is 9.55 Å². The van der Waals surface area contributed by atoms with Gasteiger partial charge in [0, 0.05) is 18.9 Å². The summed E-state index contributed by atoms with van der Waals surface area (Å²) in [6.07, 6.45) is -2.23. The molecule has 12 heteroatoms.